The second-order valence-corrected chi connectivity index (χ2v) is 21.9. The SMILES string of the molecule is CCCCCCCCCCCCCCCCCCN(CCCCCCCCCCCCCCCCCC)C(=O)CN1CCN(CC(=O)CCC(=O)O)CCN(CC(=O)NCC(=O)O)CCN(CC(=O)NCC(=O)O)CC1. The molecular formula is C59H111N7O10. The Hall–Kier alpha value is -3.67. The number of aliphatic carboxylic acids is 3. The topological polar surface area (TPSA) is 220 Å². The van der Waals surface area contributed by atoms with E-state index >= 15 is 0 Å². The van der Waals surface area contributed by atoms with Crippen LogP contribution >= 0.6 is 0 Å². The van der Waals surface area contributed by atoms with Crippen LogP contribution in [0, 0.1) is 0 Å². The number of Topliss-reactive ketones (excluding diaryl/α,β-unsaturated/α-hetero) is 1. The first-order chi connectivity index (χ1) is 36.8. The highest BCUT2D eigenvalue weighted by Gasteiger charge is 2.24. The lowest BCUT2D eigenvalue weighted by molar-refractivity contribution is -0.139. The van der Waals surface area contributed by atoms with Crippen LogP contribution in [0.15, 0.2) is 0 Å². The number of rotatable bonds is 49. The van der Waals surface area contributed by atoms with Crippen LogP contribution in [-0.4, -0.2) is 186 Å². The fraction of sp³-hybridized carbons (Fsp3) is 0.881. The van der Waals surface area contributed by atoms with Gasteiger partial charge < -0.3 is 30.9 Å². The summed E-state index contributed by atoms with van der Waals surface area (Å²) in [5.41, 5.74) is 0. The molecule has 1 aliphatic heterocycles. The average molecular weight is 1080 g/mol. The molecular weight excluding hydrogens is 967 g/mol. The Morgan fingerprint density at radius 3 is 0.882 bits per heavy atom. The highest BCUT2D eigenvalue weighted by atomic mass is 16.4. The highest BCUT2D eigenvalue weighted by Crippen LogP contribution is 2.17. The van der Waals surface area contributed by atoms with Crippen LogP contribution in [0.4, 0.5) is 0 Å². The van der Waals surface area contributed by atoms with Crippen LogP contribution in [0.3, 0.4) is 0 Å². The largest absolute Gasteiger partial charge is 0.481 e. The van der Waals surface area contributed by atoms with E-state index < -0.39 is 42.8 Å². The Labute approximate surface area is 460 Å². The molecule has 0 aliphatic carbocycles. The molecule has 1 rings (SSSR count). The van der Waals surface area contributed by atoms with Gasteiger partial charge >= 0.3 is 17.9 Å². The molecule has 442 valence electrons. The molecule has 0 atom stereocenters. The fourth-order valence-corrected chi connectivity index (χ4v) is 10.0. The number of carbonyl (C=O) groups excluding carboxylic acids is 4. The van der Waals surface area contributed by atoms with Crippen LogP contribution in [0.25, 0.3) is 0 Å². The molecule has 5 N–H and O–H groups in total. The van der Waals surface area contributed by atoms with Gasteiger partial charge in [0.05, 0.1) is 32.6 Å². The monoisotopic (exact) mass is 1080 g/mol. The van der Waals surface area contributed by atoms with Crippen LogP contribution < -0.4 is 10.6 Å². The van der Waals surface area contributed by atoms with E-state index in [9.17, 15) is 43.8 Å². The van der Waals surface area contributed by atoms with Crippen molar-refractivity contribution in [3.63, 3.8) is 0 Å². The molecule has 0 aromatic heterocycles. The molecule has 1 heterocycles. The number of hydrogen-bond acceptors (Lipinski definition) is 11. The molecule has 1 aliphatic rings. The summed E-state index contributed by atoms with van der Waals surface area (Å²) < 4.78 is 0. The van der Waals surface area contributed by atoms with Gasteiger partial charge in [-0.3, -0.25) is 53.2 Å². The summed E-state index contributed by atoms with van der Waals surface area (Å²) in [5, 5.41) is 32.4. The average Bonchev–Trinajstić information content (AvgIpc) is 3.38. The Morgan fingerprint density at radius 1 is 0.342 bits per heavy atom. The van der Waals surface area contributed by atoms with Crippen molar-refractivity contribution >= 4 is 41.4 Å². The first kappa shape index (κ1) is 70.3. The number of carboxylic acid groups (broad SMARTS) is 3. The third-order valence-corrected chi connectivity index (χ3v) is 14.8. The van der Waals surface area contributed by atoms with Crippen LogP contribution in [0.5, 0.6) is 0 Å². The van der Waals surface area contributed by atoms with Crippen LogP contribution in [0.1, 0.15) is 232 Å². The molecule has 17 heteroatoms. The number of unbranched alkanes of at least 4 members (excludes halogenated alkanes) is 30. The van der Waals surface area contributed by atoms with Gasteiger partial charge in [-0.25, -0.2) is 0 Å². The Morgan fingerprint density at radius 2 is 0.605 bits per heavy atom. The molecule has 1 fully saturated rings. The maximum Gasteiger partial charge on any atom is 0.322 e. The van der Waals surface area contributed by atoms with Gasteiger partial charge in [-0.2, -0.15) is 0 Å². The van der Waals surface area contributed by atoms with E-state index in [0.717, 1.165) is 38.5 Å². The minimum absolute atomic E-state index is 0.00533. The summed E-state index contributed by atoms with van der Waals surface area (Å²) in [6.07, 6.45) is 40.6. The molecule has 0 aromatic carbocycles. The van der Waals surface area contributed by atoms with Gasteiger partial charge in [-0.15, -0.1) is 0 Å². The lowest BCUT2D eigenvalue weighted by Crippen LogP contribution is -2.51. The Kier molecular flexibility index (Phi) is 45.9. The molecule has 0 saturated carbocycles. The maximum atomic E-state index is 14.5. The van der Waals surface area contributed by atoms with Gasteiger partial charge in [0, 0.05) is 71.9 Å². The third kappa shape index (κ3) is 44.3. The minimum Gasteiger partial charge on any atom is -0.481 e. The zero-order valence-electron chi connectivity index (χ0n) is 48.3. The van der Waals surface area contributed by atoms with Gasteiger partial charge in [-0.1, -0.05) is 206 Å². The smallest absolute Gasteiger partial charge is 0.322 e. The first-order valence-corrected chi connectivity index (χ1v) is 30.7. The van der Waals surface area contributed by atoms with Gasteiger partial charge in [0.2, 0.25) is 17.7 Å². The van der Waals surface area contributed by atoms with Crippen LogP contribution in [-0.2, 0) is 33.6 Å². The van der Waals surface area contributed by atoms with Crippen molar-refractivity contribution < 1.29 is 48.9 Å². The third-order valence-electron chi connectivity index (χ3n) is 14.8. The summed E-state index contributed by atoms with van der Waals surface area (Å²) in [7, 11) is 0. The normalized spacial score (nSPS) is 14.4. The molecule has 0 unspecified atom stereocenters. The van der Waals surface area contributed by atoms with E-state index in [4.69, 9.17) is 5.11 Å². The first-order valence-electron chi connectivity index (χ1n) is 30.7. The predicted molar refractivity (Wildman–Crippen MR) is 305 cm³/mol. The van der Waals surface area contributed by atoms with E-state index in [0.29, 0.717) is 65.4 Å². The fourth-order valence-electron chi connectivity index (χ4n) is 10.0. The standard InChI is InChI=1S/C59H111N7O10/c1-3-5-7-9-11-13-15-17-19-21-23-25-27-29-31-33-37-66(38-34-32-30-28-26-24-22-20-18-16-14-12-10-8-6-4-2)56(70)52-65-45-40-62(49-53(67)35-36-57(71)72)39-41-63(50-54(68)60-47-58(73)74)42-43-64(44-46-65)51-55(69)61-48-59(75)76/h3-52H2,1-2H3,(H,60,68)(H,61,69)(H,71,72)(H,73,74)(H,75,76). The number of ketones is 1. The number of hydrogen-bond donors (Lipinski definition) is 5. The van der Waals surface area contributed by atoms with Crippen molar-refractivity contribution in [3.05, 3.63) is 0 Å². The second-order valence-electron chi connectivity index (χ2n) is 21.9. The zero-order chi connectivity index (χ0) is 55.7. The van der Waals surface area contributed by atoms with Crippen molar-refractivity contribution in [2.45, 2.75) is 232 Å². The Bertz CT molecular complexity index is 1440. The number of carboxylic acids is 3. The van der Waals surface area contributed by atoms with E-state index in [-0.39, 0.29) is 50.7 Å². The van der Waals surface area contributed by atoms with Crippen molar-refractivity contribution in [2.24, 2.45) is 0 Å². The van der Waals surface area contributed by atoms with E-state index in [1.807, 2.05) is 19.6 Å². The maximum absolute atomic E-state index is 14.5. The molecule has 0 spiro atoms. The van der Waals surface area contributed by atoms with Crippen LogP contribution in [0.2, 0.25) is 0 Å². The summed E-state index contributed by atoms with van der Waals surface area (Å²) in [5.74, 6) is -4.57. The van der Waals surface area contributed by atoms with E-state index in [2.05, 4.69) is 29.4 Å². The van der Waals surface area contributed by atoms with E-state index in [1.165, 1.54) is 167 Å². The van der Waals surface area contributed by atoms with Gasteiger partial charge in [0.15, 0.2) is 0 Å². The van der Waals surface area contributed by atoms with Crippen molar-refractivity contribution in [1.82, 2.24) is 35.1 Å². The van der Waals surface area contributed by atoms with Gasteiger partial charge in [0.25, 0.3) is 0 Å². The molecule has 1 saturated heterocycles. The molecule has 3 amide bonds. The number of amides is 3. The van der Waals surface area contributed by atoms with E-state index in [1.54, 1.807) is 0 Å². The molecule has 0 radical (unpaired) electrons. The Balaban J connectivity index is 3.03. The lowest BCUT2D eigenvalue weighted by atomic mass is 10.0. The predicted octanol–water partition coefficient (Wildman–Crippen LogP) is 9.40. The zero-order valence-corrected chi connectivity index (χ0v) is 48.3. The molecule has 76 heavy (non-hydrogen) atoms. The molecule has 0 aromatic rings. The van der Waals surface area contributed by atoms with Gasteiger partial charge in [0.1, 0.15) is 18.9 Å². The number of carbonyl (C=O) groups is 7. The van der Waals surface area contributed by atoms with Crippen molar-refractivity contribution in [3.8, 4) is 0 Å². The highest BCUT2D eigenvalue weighted by molar-refractivity contribution is 5.84. The molecule has 0 bridgehead atoms. The summed E-state index contributed by atoms with van der Waals surface area (Å²) in [6, 6.07) is 0. The quantitative estimate of drug-likeness (QED) is 0.0359. The second kappa shape index (κ2) is 49.6. The summed E-state index contributed by atoms with van der Waals surface area (Å²) >= 11 is 0. The van der Waals surface area contributed by atoms with Gasteiger partial charge in [-0.05, 0) is 12.8 Å². The number of nitrogens with one attached hydrogen (secondary N) is 2. The molecule has 17 nitrogen and oxygen atoms in total. The summed E-state index contributed by atoms with van der Waals surface area (Å²) in [4.78, 5) is 96.8. The minimum atomic E-state index is -1.18. The van der Waals surface area contributed by atoms with Crippen molar-refractivity contribution in [2.75, 3.05) is 105 Å². The summed E-state index contributed by atoms with van der Waals surface area (Å²) in [6.45, 7) is 7.49. The van der Waals surface area contributed by atoms with Crippen molar-refractivity contribution in [1.29, 1.82) is 0 Å². The number of nitrogens with zero attached hydrogens (tertiary/aromatic N) is 5. The lowest BCUT2D eigenvalue weighted by Gasteiger charge is -2.34.